The normalized spacial score (nSPS) is 17.1. The van der Waals surface area contributed by atoms with Crippen LogP contribution in [0, 0.1) is 6.92 Å². The molecule has 3 aromatic carbocycles. The van der Waals surface area contributed by atoms with E-state index in [1.54, 1.807) is 14.2 Å². The average Bonchev–Trinajstić information content (AvgIpc) is 3.22. The van der Waals surface area contributed by atoms with Crippen LogP contribution in [0.3, 0.4) is 0 Å². The maximum absolute atomic E-state index is 6.30. The minimum atomic E-state index is 0.327. The van der Waals surface area contributed by atoms with E-state index in [4.69, 9.17) is 14.2 Å². The number of ether oxygens (including phenoxy) is 3. The molecule has 4 aromatic rings. The molecule has 0 spiro atoms. The molecular weight excluding hydrogens is 424 g/mol. The van der Waals surface area contributed by atoms with Gasteiger partial charge in [-0.15, -0.1) is 0 Å². The summed E-state index contributed by atoms with van der Waals surface area (Å²) in [6, 6.07) is 19.5. The molecule has 0 amide bonds. The lowest BCUT2D eigenvalue weighted by Crippen LogP contribution is -2.39. The molecule has 0 bridgehead atoms. The maximum atomic E-state index is 6.30. The lowest BCUT2D eigenvalue weighted by atomic mass is 9.85. The lowest BCUT2D eigenvalue weighted by molar-refractivity contribution is 0.158. The van der Waals surface area contributed by atoms with E-state index in [1.165, 1.54) is 38.9 Å². The molecule has 0 fully saturated rings. The average molecular weight is 455 g/mol. The van der Waals surface area contributed by atoms with Crippen LogP contribution >= 0.6 is 0 Å². The first-order valence-corrected chi connectivity index (χ1v) is 11.9. The molecule has 1 atom stereocenters. The van der Waals surface area contributed by atoms with Crippen LogP contribution in [0.1, 0.15) is 39.6 Å². The zero-order valence-corrected chi connectivity index (χ0v) is 20.0. The minimum Gasteiger partial charge on any atom is -0.497 e. The van der Waals surface area contributed by atoms with Gasteiger partial charge >= 0.3 is 0 Å². The summed E-state index contributed by atoms with van der Waals surface area (Å²) in [5, 5.41) is 1.27. The van der Waals surface area contributed by atoms with Gasteiger partial charge in [0.15, 0.2) is 11.5 Å². The van der Waals surface area contributed by atoms with Gasteiger partial charge in [0.1, 0.15) is 12.4 Å². The third-order valence-corrected chi connectivity index (χ3v) is 7.33. The second-order valence-corrected chi connectivity index (χ2v) is 9.41. The van der Waals surface area contributed by atoms with Crippen LogP contribution in [0.5, 0.6) is 17.2 Å². The van der Waals surface area contributed by atoms with Crippen molar-refractivity contribution in [1.29, 1.82) is 0 Å². The molecule has 2 aliphatic heterocycles. The zero-order chi connectivity index (χ0) is 23.2. The molecule has 2 aliphatic rings. The molecule has 0 aliphatic carbocycles. The van der Waals surface area contributed by atoms with Crippen LogP contribution in [-0.4, -0.2) is 30.6 Å². The zero-order valence-electron chi connectivity index (χ0n) is 20.0. The van der Waals surface area contributed by atoms with Gasteiger partial charge in [-0.1, -0.05) is 29.8 Å². The summed E-state index contributed by atoms with van der Waals surface area (Å²) in [6.07, 6.45) is 1.99. The summed E-state index contributed by atoms with van der Waals surface area (Å²) in [4.78, 5) is 6.25. The van der Waals surface area contributed by atoms with Gasteiger partial charge < -0.3 is 19.2 Å². The number of hydrogen-bond acceptors (Lipinski definition) is 4. The lowest BCUT2D eigenvalue weighted by Gasteiger charge is -2.40. The highest BCUT2D eigenvalue weighted by atomic mass is 16.5. The van der Waals surface area contributed by atoms with Crippen LogP contribution in [0.2, 0.25) is 0 Å². The molecule has 0 radical (unpaired) electrons. The molecule has 1 aromatic heterocycles. The number of nitrogens with zero attached hydrogens (tertiary/aromatic N) is 1. The monoisotopic (exact) mass is 454 g/mol. The first-order valence-electron chi connectivity index (χ1n) is 11.9. The van der Waals surface area contributed by atoms with Gasteiger partial charge in [0, 0.05) is 35.7 Å². The third kappa shape index (κ3) is 3.61. The number of nitrogens with one attached hydrogen (secondary N) is 1. The van der Waals surface area contributed by atoms with Gasteiger partial charge in [0.25, 0.3) is 0 Å². The van der Waals surface area contributed by atoms with Crippen molar-refractivity contribution in [3.63, 3.8) is 0 Å². The van der Waals surface area contributed by atoms with E-state index in [0.717, 1.165) is 48.7 Å². The van der Waals surface area contributed by atoms with Gasteiger partial charge in [-0.3, -0.25) is 4.90 Å². The molecule has 1 unspecified atom stereocenters. The minimum absolute atomic E-state index is 0.327. The Morgan fingerprint density at radius 3 is 2.74 bits per heavy atom. The highest BCUT2D eigenvalue weighted by Crippen LogP contribution is 2.44. The van der Waals surface area contributed by atoms with E-state index in [2.05, 4.69) is 65.3 Å². The van der Waals surface area contributed by atoms with Gasteiger partial charge in [-0.05, 0) is 72.4 Å². The Labute approximate surface area is 200 Å². The summed E-state index contributed by atoms with van der Waals surface area (Å²) >= 11 is 0. The summed E-state index contributed by atoms with van der Waals surface area (Å²) in [6.45, 7) is 4.61. The topological polar surface area (TPSA) is 46.7 Å². The fraction of sp³-hybridized carbons (Fsp3) is 0.310. The van der Waals surface area contributed by atoms with Crippen molar-refractivity contribution in [2.24, 2.45) is 0 Å². The summed E-state index contributed by atoms with van der Waals surface area (Å²) in [5.41, 5.74) is 9.03. The van der Waals surface area contributed by atoms with Crippen molar-refractivity contribution < 1.29 is 14.2 Å². The number of benzene rings is 3. The molecule has 34 heavy (non-hydrogen) atoms. The fourth-order valence-electron chi connectivity index (χ4n) is 5.60. The number of aryl methyl sites for hydroxylation is 1. The smallest absolute Gasteiger partial charge is 0.162 e. The van der Waals surface area contributed by atoms with E-state index in [0.29, 0.717) is 12.6 Å². The molecule has 6 rings (SSSR count). The van der Waals surface area contributed by atoms with Crippen LogP contribution in [0.4, 0.5) is 0 Å². The highest BCUT2D eigenvalue weighted by molar-refractivity contribution is 5.86. The van der Waals surface area contributed by atoms with E-state index >= 15 is 0 Å². The molecule has 3 heterocycles. The number of aromatic nitrogens is 1. The van der Waals surface area contributed by atoms with Gasteiger partial charge in [0.05, 0.1) is 14.2 Å². The van der Waals surface area contributed by atoms with Gasteiger partial charge in [0.2, 0.25) is 0 Å². The molecular formula is C29H30N2O3. The second-order valence-electron chi connectivity index (χ2n) is 9.41. The SMILES string of the molecule is COc1ccc2[nH]c3c(c2c1)CC1c2cc(OCc4cccc(C)c4)c(OC)cc2CCN1C3. The number of H-pyrrole nitrogens is 1. The molecule has 5 nitrogen and oxygen atoms in total. The van der Waals surface area contributed by atoms with Crippen molar-refractivity contribution in [3.05, 3.63) is 88.1 Å². The van der Waals surface area contributed by atoms with Crippen LogP contribution < -0.4 is 14.2 Å². The number of methoxy groups -OCH3 is 2. The molecule has 174 valence electrons. The Morgan fingerprint density at radius 2 is 1.91 bits per heavy atom. The number of aromatic amines is 1. The fourth-order valence-corrected chi connectivity index (χ4v) is 5.60. The quantitative estimate of drug-likeness (QED) is 0.418. The van der Waals surface area contributed by atoms with Crippen molar-refractivity contribution >= 4 is 10.9 Å². The standard InChI is InChI=1S/C29H30N2O3/c1-18-5-4-6-19(11-18)17-34-29-15-22-20(12-28(29)33-3)9-10-31-16-26-24(14-27(22)31)23-13-21(32-2)7-8-25(23)30-26/h4-8,11-13,15,27,30H,9-10,14,16-17H2,1-3H3. The van der Waals surface area contributed by atoms with E-state index < -0.39 is 0 Å². The number of hydrogen-bond donors (Lipinski definition) is 1. The number of rotatable bonds is 5. The summed E-state index contributed by atoms with van der Waals surface area (Å²) < 4.78 is 17.5. The van der Waals surface area contributed by atoms with Gasteiger partial charge in [-0.2, -0.15) is 0 Å². The van der Waals surface area contributed by atoms with Crippen LogP contribution in [-0.2, 0) is 26.0 Å². The van der Waals surface area contributed by atoms with Crippen molar-refractivity contribution in [2.75, 3.05) is 20.8 Å². The number of fused-ring (bicyclic) bond motifs is 6. The van der Waals surface area contributed by atoms with Crippen molar-refractivity contribution in [2.45, 2.75) is 39.0 Å². The van der Waals surface area contributed by atoms with Crippen molar-refractivity contribution in [3.8, 4) is 17.2 Å². The highest BCUT2D eigenvalue weighted by Gasteiger charge is 2.34. The Kier molecular flexibility index (Phi) is 5.22. The predicted octanol–water partition coefficient (Wildman–Crippen LogP) is 5.73. The third-order valence-electron chi connectivity index (χ3n) is 7.33. The van der Waals surface area contributed by atoms with Gasteiger partial charge in [-0.25, -0.2) is 0 Å². The Bertz CT molecular complexity index is 1370. The van der Waals surface area contributed by atoms with Crippen LogP contribution in [0.15, 0.2) is 54.6 Å². The van der Waals surface area contributed by atoms with E-state index in [-0.39, 0.29) is 0 Å². The largest absolute Gasteiger partial charge is 0.497 e. The first-order chi connectivity index (χ1) is 16.6. The maximum Gasteiger partial charge on any atom is 0.162 e. The van der Waals surface area contributed by atoms with E-state index in [9.17, 15) is 0 Å². The molecule has 5 heteroatoms. The summed E-state index contributed by atoms with van der Waals surface area (Å²) in [7, 11) is 3.45. The molecule has 0 saturated heterocycles. The van der Waals surface area contributed by atoms with E-state index in [1.807, 2.05) is 6.07 Å². The van der Waals surface area contributed by atoms with Crippen LogP contribution in [0.25, 0.3) is 10.9 Å². The molecule has 0 saturated carbocycles. The predicted molar refractivity (Wildman–Crippen MR) is 134 cm³/mol. The Morgan fingerprint density at radius 1 is 1.00 bits per heavy atom. The Hall–Kier alpha value is -3.44. The second kappa shape index (κ2) is 8.41. The summed E-state index contributed by atoms with van der Waals surface area (Å²) in [5.74, 6) is 2.53. The Balaban J connectivity index is 1.35. The first kappa shape index (κ1) is 21.1. The molecule has 1 N–H and O–H groups in total. The van der Waals surface area contributed by atoms with Crippen molar-refractivity contribution in [1.82, 2.24) is 9.88 Å².